The molecule has 13 heavy (non-hydrogen) atoms. The largest absolute Gasteiger partial charge is 0.432 e. The first kappa shape index (κ1) is 12.9. The molecule has 0 spiro atoms. The number of rotatable bonds is 2. The summed E-state index contributed by atoms with van der Waals surface area (Å²) in [4.78, 5) is 0. The van der Waals surface area contributed by atoms with E-state index in [1.54, 1.807) is 26.4 Å². The number of benzene rings is 1. The van der Waals surface area contributed by atoms with Crippen molar-refractivity contribution >= 4 is 33.2 Å². The lowest BCUT2D eigenvalue weighted by Crippen LogP contribution is -1.93. The van der Waals surface area contributed by atoms with E-state index in [2.05, 4.69) is 8.85 Å². The van der Waals surface area contributed by atoms with Gasteiger partial charge in [0, 0.05) is 14.2 Å². The molecule has 0 unspecified atom stereocenters. The van der Waals surface area contributed by atoms with Gasteiger partial charge in [-0.25, -0.2) is 0 Å². The van der Waals surface area contributed by atoms with E-state index < -0.39 is 0 Å². The molecule has 0 bridgehead atoms. The first-order valence-electron chi connectivity index (χ1n) is 3.43. The smallest absolute Gasteiger partial charge is 0.396 e. The van der Waals surface area contributed by atoms with E-state index >= 15 is 0 Å². The van der Waals surface area contributed by atoms with Gasteiger partial charge in [-0.15, -0.1) is 0 Å². The molecule has 0 N–H and O–H groups in total. The molecule has 5 heteroatoms. The summed E-state index contributed by atoms with van der Waals surface area (Å²) in [6.45, 7) is 0. The lowest BCUT2D eigenvalue weighted by atomic mass is 10.4. The van der Waals surface area contributed by atoms with Crippen LogP contribution in [0.15, 0.2) is 24.3 Å². The standard InChI is InChI=1S/C6H4Cl2.C2H6O2Si/c7-5-3-1-2-4-6(5)8;1-3-5-4-2/h1-4H;1-2H3. The van der Waals surface area contributed by atoms with Crippen LogP contribution in [-0.4, -0.2) is 24.2 Å². The molecule has 0 amide bonds. The molecule has 0 heterocycles. The summed E-state index contributed by atoms with van der Waals surface area (Å²) in [5, 5.41) is 1.21. The minimum atomic E-state index is 0.198. The summed E-state index contributed by atoms with van der Waals surface area (Å²) >= 11 is 11.2. The Morgan fingerprint density at radius 2 is 1.38 bits per heavy atom. The molecule has 0 aliphatic heterocycles. The lowest BCUT2D eigenvalue weighted by molar-refractivity contribution is 0.309. The van der Waals surface area contributed by atoms with Crippen molar-refractivity contribution in [3.63, 3.8) is 0 Å². The molecule has 2 radical (unpaired) electrons. The highest BCUT2D eigenvalue weighted by Crippen LogP contribution is 2.19. The van der Waals surface area contributed by atoms with Gasteiger partial charge in [-0.2, -0.15) is 0 Å². The average Bonchev–Trinajstić information content (AvgIpc) is 2.13. The van der Waals surface area contributed by atoms with E-state index in [1.165, 1.54) is 0 Å². The Hall–Kier alpha value is -0.0631. The summed E-state index contributed by atoms with van der Waals surface area (Å²) in [7, 11) is 3.40. The van der Waals surface area contributed by atoms with E-state index in [9.17, 15) is 0 Å². The Morgan fingerprint density at radius 1 is 1.00 bits per heavy atom. The SMILES string of the molecule is CO[Si]OC.Clc1ccccc1Cl. The molecule has 72 valence electrons. The zero-order chi connectivity index (χ0) is 10.1. The Kier molecular flexibility index (Phi) is 8.49. The minimum absolute atomic E-state index is 0.198. The maximum atomic E-state index is 5.58. The molecular weight excluding hydrogens is 227 g/mol. The van der Waals surface area contributed by atoms with Gasteiger partial charge in [-0.1, -0.05) is 35.3 Å². The zero-order valence-electron chi connectivity index (χ0n) is 7.38. The van der Waals surface area contributed by atoms with Crippen LogP contribution < -0.4 is 0 Å². The summed E-state index contributed by atoms with van der Waals surface area (Å²) in [5.41, 5.74) is 0. The molecule has 0 aromatic heterocycles. The fourth-order valence-corrected chi connectivity index (χ4v) is 0.961. The zero-order valence-corrected chi connectivity index (χ0v) is 9.89. The van der Waals surface area contributed by atoms with Crippen molar-refractivity contribution < 1.29 is 8.85 Å². The Bertz CT molecular complexity index is 210. The van der Waals surface area contributed by atoms with Gasteiger partial charge in [0.15, 0.2) is 0 Å². The van der Waals surface area contributed by atoms with Gasteiger partial charge in [0.25, 0.3) is 0 Å². The highest BCUT2D eigenvalue weighted by Gasteiger charge is 1.89. The molecular formula is C8H10Cl2O2Si. The van der Waals surface area contributed by atoms with Crippen molar-refractivity contribution in [2.45, 2.75) is 0 Å². The molecule has 1 aromatic rings. The number of hydrogen-bond acceptors (Lipinski definition) is 2. The molecule has 0 fully saturated rings. The monoisotopic (exact) mass is 236 g/mol. The van der Waals surface area contributed by atoms with Crippen LogP contribution in [0.4, 0.5) is 0 Å². The molecule has 1 aromatic carbocycles. The van der Waals surface area contributed by atoms with Crippen molar-refractivity contribution in [3.05, 3.63) is 34.3 Å². The number of hydrogen-bond donors (Lipinski definition) is 0. The lowest BCUT2D eigenvalue weighted by Gasteiger charge is -1.88. The fraction of sp³-hybridized carbons (Fsp3) is 0.250. The second-order valence-corrected chi connectivity index (χ2v) is 3.70. The topological polar surface area (TPSA) is 18.5 Å². The summed E-state index contributed by atoms with van der Waals surface area (Å²) in [6.07, 6.45) is 0. The van der Waals surface area contributed by atoms with Crippen LogP contribution in [-0.2, 0) is 8.85 Å². The van der Waals surface area contributed by atoms with Crippen LogP contribution in [0.3, 0.4) is 0 Å². The maximum Gasteiger partial charge on any atom is 0.432 e. The van der Waals surface area contributed by atoms with Gasteiger partial charge >= 0.3 is 10.0 Å². The molecule has 0 aliphatic carbocycles. The summed E-state index contributed by atoms with van der Waals surface area (Å²) in [5.74, 6) is 0. The van der Waals surface area contributed by atoms with Gasteiger partial charge in [0.2, 0.25) is 0 Å². The molecule has 0 saturated heterocycles. The third-order valence-electron chi connectivity index (χ3n) is 0.991. The normalized spacial score (nSPS) is 8.92. The second kappa shape index (κ2) is 8.53. The third-order valence-corrected chi connectivity index (χ3v) is 2.08. The predicted molar refractivity (Wildman–Crippen MR) is 56.2 cm³/mol. The minimum Gasteiger partial charge on any atom is -0.396 e. The van der Waals surface area contributed by atoms with E-state index in [-0.39, 0.29) is 10.0 Å². The predicted octanol–water partition coefficient (Wildman–Crippen LogP) is 2.81. The molecule has 1 rings (SSSR count). The Morgan fingerprint density at radius 3 is 1.54 bits per heavy atom. The van der Waals surface area contributed by atoms with Crippen LogP contribution in [0, 0.1) is 0 Å². The van der Waals surface area contributed by atoms with Crippen LogP contribution in [0.5, 0.6) is 0 Å². The van der Waals surface area contributed by atoms with Crippen LogP contribution >= 0.6 is 23.2 Å². The van der Waals surface area contributed by atoms with E-state index in [0.717, 1.165) is 0 Å². The van der Waals surface area contributed by atoms with Crippen molar-refractivity contribution in [3.8, 4) is 0 Å². The van der Waals surface area contributed by atoms with Crippen molar-refractivity contribution in [2.24, 2.45) is 0 Å². The van der Waals surface area contributed by atoms with Gasteiger partial charge in [0.1, 0.15) is 0 Å². The van der Waals surface area contributed by atoms with Gasteiger partial charge in [-0.05, 0) is 12.1 Å². The van der Waals surface area contributed by atoms with E-state index in [1.807, 2.05) is 12.1 Å². The Balaban J connectivity index is 0.000000252. The molecule has 0 saturated carbocycles. The Labute approximate surface area is 90.8 Å². The first-order valence-corrected chi connectivity index (χ1v) is 5.00. The molecule has 0 aliphatic rings. The fourth-order valence-electron chi connectivity index (χ4n) is 0.523. The number of halogens is 2. The summed E-state index contributed by atoms with van der Waals surface area (Å²) < 4.78 is 8.99. The second-order valence-electron chi connectivity index (χ2n) is 1.91. The van der Waals surface area contributed by atoms with Crippen LogP contribution in [0.2, 0.25) is 10.0 Å². The highest BCUT2D eigenvalue weighted by atomic mass is 35.5. The summed E-state index contributed by atoms with van der Waals surface area (Å²) in [6, 6.07) is 7.19. The van der Waals surface area contributed by atoms with Gasteiger partial charge < -0.3 is 8.85 Å². The highest BCUT2D eigenvalue weighted by molar-refractivity contribution is 6.41. The van der Waals surface area contributed by atoms with Gasteiger partial charge in [-0.3, -0.25) is 0 Å². The van der Waals surface area contributed by atoms with E-state index in [4.69, 9.17) is 23.2 Å². The van der Waals surface area contributed by atoms with Crippen molar-refractivity contribution in [1.82, 2.24) is 0 Å². The van der Waals surface area contributed by atoms with Gasteiger partial charge in [0.05, 0.1) is 10.0 Å². The van der Waals surface area contributed by atoms with E-state index in [0.29, 0.717) is 10.0 Å². The quantitative estimate of drug-likeness (QED) is 0.736. The maximum absolute atomic E-state index is 5.58. The van der Waals surface area contributed by atoms with Crippen LogP contribution in [0.1, 0.15) is 0 Å². The third kappa shape index (κ3) is 7.04. The van der Waals surface area contributed by atoms with Crippen molar-refractivity contribution in [2.75, 3.05) is 14.2 Å². The molecule has 0 atom stereocenters. The van der Waals surface area contributed by atoms with Crippen LogP contribution in [0.25, 0.3) is 0 Å². The van der Waals surface area contributed by atoms with Crippen molar-refractivity contribution in [1.29, 1.82) is 0 Å². The average molecular weight is 237 g/mol. The first-order chi connectivity index (χ1) is 6.22. The molecule has 2 nitrogen and oxygen atoms in total.